The van der Waals surface area contributed by atoms with Crippen LogP contribution in [0.5, 0.6) is 5.75 Å². The van der Waals surface area contributed by atoms with Crippen molar-refractivity contribution in [3.8, 4) is 5.75 Å². The molecule has 9 nitrogen and oxygen atoms in total. The van der Waals surface area contributed by atoms with E-state index in [1.807, 2.05) is 0 Å². The summed E-state index contributed by atoms with van der Waals surface area (Å²) >= 11 is 0.577. The summed E-state index contributed by atoms with van der Waals surface area (Å²) in [5.74, 6) is -1.70. The fourth-order valence-electron chi connectivity index (χ4n) is 2.91. The van der Waals surface area contributed by atoms with Crippen LogP contribution in [0.15, 0.2) is 12.1 Å². The molecule has 3 N–H and O–H groups in total. The summed E-state index contributed by atoms with van der Waals surface area (Å²) in [4.78, 5) is 10.9. The molecule has 1 aromatic heterocycles. The minimum Gasteiger partial charge on any atom is -0.492 e. The minimum absolute atomic E-state index is 0.00659. The molecule has 0 aliphatic rings. The third-order valence-corrected chi connectivity index (χ3v) is 8.81. The van der Waals surface area contributed by atoms with Gasteiger partial charge in [-0.3, -0.25) is 4.57 Å². The van der Waals surface area contributed by atoms with Gasteiger partial charge in [0.25, 0.3) is 0 Å². The van der Waals surface area contributed by atoms with Gasteiger partial charge in [-0.05, 0) is 44.9 Å². The van der Waals surface area contributed by atoms with Crippen molar-refractivity contribution in [2.24, 2.45) is 5.14 Å². The second-order valence-corrected chi connectivity index (χ2v) is 11.5. The monoisotopic (exact) mass is 515 g/mol. The maximum Gasteiger partial charge on any atom is 0.405 e. The molecule has 2 rings (SSSR count). The van der Waals surface area contributed by atoms with Crippen LogP contribution < -0.4 is 9.88 Å². The average Bonchev–Trinajstić information content (AvgIpc) is 3.02. The first-order chi connectivity index (χ1) is 14.8. The highest BCUT2D eigenvalue weighted by molar-refractivity contribution is 7.89. The van der Waals surface area contributed by atoms with E-state index < -0.39 is 34.1 Å². The van der Waals surface area contributed by atoms with E-state index in [4.69, 9.17) is 18.9 Å². The number of rotatable bonds is 12. The zero-order chi connectivity index (χ0) is 24.3. The first-order valence-corrected chi connectivity index (χ1v) is 13.6. The molecule has 0 amide bonds. The van der Waals surface area contributed by atoms with Crippen LogP contribution in [0.3, 0.4) is 0 Å². The largest absolute Gasteiger partial charge is 0.492 e. The van der Waals surface area contributed by atoms with Crippen molar-refractivity contribution in [1.29, 1.82) is 0 Å². The van der Waals surface area contributed by atoms with Gasteiger partial charge in [0.15, 0.2) is 0 Å². The molecular formula is C18H24F2NO8PS2. The number of aryl methyl sites for hydroxylation is 1. The number of hydrogen-bond acceptors (Lipinski definition) is 8. The van der Waals surface area contributed by atoms with E-state index in [1.165, 1.54) is 26.8 Å². The second-order valence-electron chi connectivity index (χ2n) is 6.66. The normalized spacial score (nSPS) is 12.9. The predicted octanol–water partition coefficient (Wildman–Crippen LogP) is 4.28. The summed E-state index contributed by atoms with van der Waals surface area (Å²) in [5.41, 5.74) is -4.21. The number of carbonyl (C=O) groups is 1. The summed E-state index contributed by atoms with van der Waals surface area (Å²) in [6.45, 7) is 3.49. The minimum atomic E-state index is -4.88. The number of fused-ring (bicyclic) bond motifs is 1. The number of nitrogens with two attached hydrogens (primary N) is 1. The van der Waals surface area contributed by atoms with E-state index in [-0.39, 0.29) is 59.0 Å². The topological polar surface area (TPSA) is 142 Å². The molecule has 0 radical (unpaired) electrons. The summed E-state index contributed by atoms with van der Waals surface area (Å²) in [6.07, 6.45) is 0.00881. The number of sulfonamides is 1. The second kappa shape index (κ2) is 10.1. The lowest BCUT2D eigenvalue weighted by Crippen LogP contribution is -2.18. The van der Waals surface area contributed by atoms with Gasteiger partial charge in [-0.15, -0.1) is 11.3 Å². The van der Waals surface area contributed by atoms with Crippen LogP contribution in [-0.2, 0) is 29.3 Å². The molecule has 0 aliphatic carbocycles. The summed E-state index contributed by atoms with van der Waals surface area (Å²) in [5, 5.41) is 14.5. The molecule has 0 saturated carbocycles. The van der Waals surface area contributed by atoms with E-state index in [0.29, 0.717) is 11.3 Å². The fourth-order valence-corrected chi connectivity index (χ4v) is 6.53. The number of primary sulfonamides is 1. The maximum absolute atomic E-state index is 15.4. The van der Waals surface area contributed by atoms with E-state index in [1.54, 1.807) is 0 Å². The molecule has 0 spiro atoms. The summed E-state index contributed by atoms with van der Waals surface area (Å²) in [6, 6.07) is 2.37. The van der Waals surface area contributed by atoms with Crippen molar-refractivity contribution in [3.63, 3.8) is 0 Å². The first kappa shape index (κ1) is 26.6. The van der Waals surface area contributed by atoms with E-state index >= 15 is 8.78 Å². The van der Waals surface area contributed by atoms with Crippen LogP contribution in [-0.4, -0.2) is 45.1 Å². The number of thiophene rings is 1. The number of carboxylic acid groups (broad SMARTS) is 1. The van der Waals surface area contributed by atoms with Crippen LogP contribution in [0.2, 0.25) is 0 Å². The highest BCUT2D eigenvalue weighted by Gasteiger charge is 2.56. The standard InChI is InChI=1S/C18H24F2NO8PS2/c1-4-28-30(24,29-5-2)18(19,20)16-11(3)13-9-12(17(22)23)10-14(15(13)31-16)27-7-6-8-32(21,25)26/h9-10H,4-8H2,1-3H3,(H,22,23)(H2,21,25,26). The Morgan fingerprint density at radius 1 is 1.25 bits per heavy atom. The van der Waals surface area contributed by atoms with Crippen molar-refractivity contribution >= 4 is 45.0 Å². The number of alkyl halides is 2. The molecule has 0 fully saturated rings. The molecule has 0 bridgehead atoms. The van der Waals surface area contributed by atoms with Gasteiger partial charge < -0.3 is 18.9 Å². The van der Waals surface area contributed by atoms with Gasteiger partial charge >= 0.3 is 19.2 Å². The molecule has 0 atom stereocenters. The SMILES string of the molecule is CCOP(=O)(OCC)C(F)(F)c1sc2c(OCCCS(N)(=O)=O)cc(C(=O)O)cc2c1C. The Kier molecular flexibility index (Phi) is 8.41. The van der Waals surface area contributed by atoms with Crippen molar-refractivity contribution in [3.05, 3.63) is 28.1 Å². The Bertz CT molecular complexity index is 1140. The molecule has 0 unspecified atom stereocenters. The molecule has 0 aliphatic heterocycles. The van der Waals surface area contributed by atoms with Gasteiger partial charge in [-0.2, -0.15) is 8.78 Å². The number of carboxylic acids is 1. The van der Waals surface area contributed by atoms with Crippen LogP contribution in [0.25, 0.3) is 10.1 Å². The van der Waals surface area contributed by atoms with Crippen LogP contribution in [0, 0.1) is 6.92 Å². The number of benzene rings is 1. The number of aromatic carboxylic acids is 1. The first-order valence-electron chi connectivity index (χ1n) is 9.48. The lowest BCUT2D eigenvalue weighted by atomic mass is 10.1. The lowest BCUT2D eigenvalue weighted by Gasteiger charge is -2.25. The Hall–Kier alpha value is -1.63. The Balaban J connectivity index is 2.59. The lowest BCUT2D eigenvalue weighted by molar-refractivity contribution is 0.0387. The number of ether oxygens (including phenoxy) is 1. The van der Waals surface area contributed by atoms with Gasteiger partial charge in [-0.1, -0.05) is 0 Å². The number of halogens is 2. The predicted molar refractivity (Wildman–Crippen MR) is 116 cm³/mol. The third-order valence-electron chi connectivity index (χ3n) is 4.30. The molecule has 1 heterocycles. The van der Waals surface area contributed by atoms with E-state index in [9.17, 15) is 22.9 Å². The highest BCUT2D eigenvalue weighted by Crippen LogP contribution is 2.68. The fraction of sp³-hybridized carbons (Fsp3) is 0.500. The van der Waals surface area contributed by atoms with Crippen molar-refractivity contribution in [1.82, 2.24) is 0 Å². The van der Waals surface area contributed by atoms with Gasteiger partial charge in [0.1, 0.15) is 5.75 Å². The average molecular weight is 515 g/mol. The Morgan fingerprint density at radius 2 is 1.84 bits per heavy atom. The van der Waals surface area contributed by atoms with Gasteiger partial charge in [0.2, 0.25) is 10.0 Å². The molecular weight excluding hydrogens is 491 g/mol. The van der Waals surface area contributed by atoms with Crippen LogP contribution >= 0.6 is 18.9 Å². The molecule has 2 aromatic rings. The molecule has 32 heavy (non-hydrogen) atoms. The molecule has 14 heteroatoms. The highest BCUT2D eigenvalue weighted by atomic mass is 32.2. The zero-order valence-corrected chi connectivity index (χ0v) is 20.1. The van der Waals surface area contributed by atoms with Crippen molar-refractivity contribution in [2.75, 3.05) is 25.6 Å². The van der Waals surface area contributed by atoms with Crippen LogP contribution in [0.4, 0.5) is 8.78 Å². The van der Waals surface area contributed by atoms with Gasteiger partial charge in [0, 0.05) is 5.39 Å². The van der Waals surface area contributed by atoms with Crippen molar-refractivity contribution in [2.45, 2.75) is 32.9 Å². The molecule has 0 saturated heterocycles. The van der Waals surface area contributed by atoms with Gasteiger partial charge in [0.05, 0.1) is 40.7 Å². The van der Waals surface area contributed by atoms with Crippen molar-refractivity contribution < 1.29 is 45.4 Å². The van der Waals surface area contributed by atoms with Gasteiger partial charge in [-0.25, -0.2) is 18.4 Å². The van der Waals surface area contributed by atoms with Crippen LogP contribution in [0.1, 0.15) is 41.1 Å². The Labute approximate surface area is 188 Å². The molecule has 1 aromatic carbocycles. The summed E-state index contributed by atoms with van der Waals surface area (Å²) in [7, 11) is -8.60. The summed E-state index contributed by atoms with van der Waals surface area (Å²) < 4.78 is 81.1. The maximum atomic E-state index is 15.4. The quantitative estimate of drug-likeness (QED) is 0.315. The smallest absolute Gasteiger partial charge is 0.405 e. The Morgan fingerprint density at radius 3 is 2.34 bits per heavy atom. The zero-order valence-electron chi connectivity index (χ0n) is 17.6. The third kappa shape index (κ3) is 5.64. The van der Waals surface area contributed by atoms with E-state index in [0.717, 1.165) is 6.07 Å². The van der Waals surface area contributed by atoms with E-state index in [2.05, 4.69) is 0 Å². The number of hydrogen-bond donors (Lipinski definition) is 2. The molecule has 180 valence electrons.